The Hall–Kier alpha value is -0.960. The standard InChI is InChI=1S/C12H17F2N/c1-4-8(2)15-9(3)10-5-11(13)7-12(14)6-10/h5-9,15H,4H2,1-3H3. The Kier molecular flexibility index (Phi) is 4.21. The SMILES string of the molecule is CCC(C)NC(C)c1cc(F)cc(F)c1. The Bertz CT molecular complexity index is 305. The molecule has 1 aromatic carbocycles. The lowest BCUT2D eigenvalue weighted by Crippen LogP contribution is -2.28. The van der Waals surface area contributed by atoms with E-state index in [0.717, 1.165) is 12.5 Å². The van der Waals surface area contributed by atoms with Crippen LogP contribution in [0.15, 0.2) is 18.2 Å². The van der Waals surface area contributed by atoms with E-state index in [9.17, 15) is 8.78 Å². The molecule has 0 aliphatic carbocycles. The molecule has 0 amide bonds. The highest BCUT2D eigenvalue weighted by Gasteiger charge is 2.10. The molecule has 1 N–H and O–H groups in total. The van der Waals surface area contributed by atoms with E-state index in [-0.39, 0.29) is 6.04 Å². The fourth-order valence-corrected chi connectivity index (χ4v) is 1.47. The molecule has 0 aliphatic rings. The van der Waals surface area contributed by atoms with Gasteiger partial charge in [-0.15, -0.1) is 0 Å². The lowest BCUT2D eigenvalue weighted by molar-refractivity contribution is 0.464. The Morgan fingerprint density at radius 1 is 1.13 bits per heavy atom. The first-order valence-electron chi connectivity index (χ1n) is 5.25. The third-order valence-electron chi connectivity index (χ3n) is 2.53. The maximum atomic E-state index is 12.9. The maximum absolute atomic E-state index is 12.9. The maximum Gasteiger partial charge on any atom is 0.126 e. The van der Waals surface area contributed by atoms with Crippen LogP contribution in [0.5, 0.6) is 0 Å². The quantitative estimate of drug-likeness (QED) is 0.808. The normalized spacial score (nSPS) is 15.0. The zero-order chi connectivity index (χ0) is 11.4. The van der Waals surface area contributed by atoms with E-state index in [2.05, 4.69) is 12.2 Å². The highest BCUT2D eigenvalue weighted by atomic mass is 19.1. The molecule has 2 atom stereocenters. The third-order valence-corrected chi connectivity index (χ3v) is 2.53. The molecule has 0 spiro atoms. The molecular formula is C12H17F2N. The predicted molar refractivity (Wildman–Crippen MR) is 57.7 cm³/mol. The molecule has 0 fully saturated rings. The van der Waals surface area contributed by atoms with Crippen LogP contribution in [0, 0.1) is 11.6 Å². The van der Waals surface area contributed by atoms with Crippen molar-refractivity contribution in [2.45, 2.75) is 39.3 Å². The molecule has 3 heteroatoms. The number of nitrogens with one attached hydrogen (secondary N) is 1. The second-order valence-corrected chi connectivity index (χ2v) is 3.90. The first kappa shape index (κ1) is 12.1. The molecular weight excluding hydrogens is 196 g/mol. The summed E-state index contributed by atoms with van der Waals surface area (Å²) in [5.74, 6) is -1.05. The zero-order valence-electron chi connectivity index (χ0n) is 9.35. The highest BCUT2D eigenvalue weighted by Crippen LogP contribution is 2.16. The number of halogens is 2. The van der Waals surface area contributed by atoms with Crippen LogP contribution >= 0.6 is 0 Å². The van der Waals surface area contributed by atoms with Crippen molar-refractivity contribution in [3.8, 4) is 0 Å². The number of benzene rings is 1. The first-order valence-corrected chi connectivity index (χ1v) is 5.25. The molecule has 0 aromatic heterocycles. The van der Waals surface area contributed by atoms with Crippen molar-refractivity contribution in [1.82, 2.24) is 5.32 Å². The van der Waals surface area contributed by atoms with E-state index in [4.69, 9.17) is 0 Å². The zero-order valence-corrected chi connectivity index (χ0v) is 9.35. The van der Waals surface area contributed by atoms with Gasteiger partial charge in [-0.05, 0) is 38.0 Å². The van der Waals surface area contributed by atoms with Crippen molar-refractivity contribution < 1.29 is 8.78 Å². The Morgan fingerprint density at radius 3 is 2.13 bits per heavy atom. The molecule has 1 aromatic rings. The summed E-state index contributed by atoms with van der Waals surface area (Å²) < 4.78 is 25.9. The van der Waals surface area contributed by atoms with Gasteiger partial charge in [0.2, 0.25) is 0 Å². The molecule has 15 heavy (non-hydrogen) atoms. The Labute approximate surface area is 89.5 Å². The van der Waals surface area contributed by atoms with E-state index in [1.165, 1.54) is 12.1 Å². The minimum Gasteiger partial charge on any atom is -0.308 e. The summed E-state index contributed by atoms with van der Waals surface area (Å²) >= 11 is 0. The van der Waals surface area contributed by atoms with Crippen LogP contribution in [0.4, 0.5) is 8.78 Å². The van der Waals surface area contributed by atoms with Crippen molar-refractivity contribution in [1.29, 1.82) is 0 Å². The summed E-state index contributed by atoms with van der Waals surface area (Å²) in [4.78, 5) is 0. The van der Waals surface area contributed by atoms with Crippen molar-refractivity contribution >= 4 is 0 Å². The Morgan fingerprint density at radius 2 is 1.67 bits per heavy atom. The van der Waals surface area contributed by atoms with Gasteiger partial charge in [-0.25, -0.2) is 8.78 Å². The average molecular weight is 213 g/mol. The van der Waals surface area contributed by atoms with E-state index >= 15 is 0 Å². The van der Waals surface area contributed by atoms with E-state index in [0.29, 0.717) is 11.6 Å². The summed E-state index contributed by atoms with van der Waals surface area (Å²) in [7, 11) is 0. The fraction of sp³-hybridized carbons (Fsp3) is 0.500. The molecule has 0 aliphatic heterocycles. The van der Waals surface area contributed by atoms with Gasteiger partial charge < -0.3 is 5.32 Å². The molecule has 0 heterocycles. The lowest BCUT2D eigenvalue weighted by Gasteiger charge is -2.19. The smallest absolute Gasteiger partial charge is 0.126 e. The number of hydrogen-bond donors (Lipinski definition) is 1. The second-order valence-electron chi connectivity index (χ2n) is 3.90. The highest BCUT2D eigenvalue weighted by molar-refractivity contribution is 5.20. The molecule has 2 unspecified atom stereocenters. The molecule has 1 nitrogen and oxygen atoms in total. The van der Waals surface area contributed by atoms with Crippen LogP contribution in [-0.4, -0.2) is 6.04 Å². The van der Waals surface area contributed by atoms with Crippen molar-refractivity contribution in [2.75, 3.05) is 0 Å². The van der Waals surface area contributed by atoms with Gasteiger partial charge in [-0.3, -0.25) is 0 Å². The monoisotopic (exact) mass is 213 g/mol. The summed E-state index contributed by atoms with van der Waals surface area (Å²) in [6, 6.07) is 3.92. The summed E-state index contributed by atoms with van der Waals surface area (Å²) in [5.41, 5.74) is 0.646. The van der Waals surface area contributed by atoms with Crippen LogP contribution < -0.4 is 5.32 Å². The minimum atomic E-state index is -0.525. The van der Waals surface area contributed by atoms with Crippen molar-refractivity contribution in [2.24, 2.45) is 0 Å². The average Bonchev–Trinajstić information content (AvgIpc) is 2.16. The molecule has 0 saturated carbocycles. The minimum absolute atomic E-state index is 0.0369. The van der Waals surface area contributed by atoms with E-state index < -0.39 is 11.6 Å². The van der Waals surface area contributed by atoms with Gasteiger partial charge in [0.1, 0.15) is 11.6 Å². The van der Waals surface area contributed by atoms with Gasteiger partial charge in [0, 0.05) is 18.2 Å². The molecule has 0 radical (unpaired) electrons. The molecule has 0 saturated heterocycles. The van der Waals surface area contributed by atoms with Crippen molar-refractivity contribution in [3.05, 3.63) is 35.4 Å². The summed E-state index contributed by atoms with van der Waals surface area (Å²) in [5, 5.41) is 3.27. The molecule has 0 bridgehead atoms. The van der Waals surface area contributed by atoms with Gasteiger partial charge in [-0.2, -0.15) is 0 Å². The van der Waals surface area contributed by atoms with Crippen LogP contribution in [0.3, 0.4) is 0 Å². The van der Waals surface area contributed by atoms with Gasteiger partial charge >= 0.3 is 0 Å². The first-order chi connectivity index (χ1) is 7.02. The van der Waals surface area contributed by atoms with Crippen LogP contribution in [0.2, 0.25) is 0 Å². The summed E-state index contributed by atoms with van der Waals surface area (Å²) in [6.45, 7) is 6.02. The summed E-state index contributed by atoms with van der Waals surface area (Å²) in [6.07, 6.45) is 0.988. The molecule has 84 valence electrons. The lowest BCUT2D eigenvalue weighted by atomic mass is 10.1. The predicted octanol–water partition coefficient (Wildman–Crippen LogP) is 3.41. The van der Waals surface area contributed by atoms with Crippen LogP contribution in [-0.2, 0) is 0 Å². The van der Waals surface area contributed by atoms with Gasteiger partial charge in [-0.1, -0.05) is 6.92 Å². The fourth-order valence-electron chi connectivity index (χ4n) is 1.47. The topological polar surface area (TPSA) is 12.0 Å². The second kappa shape index (κ2) is 5.21. The third kappa shape index (κ3) is 3.59. The van der Waals surface area contributed by atoms with Gasteiger partial charge in [0.05, 0.1) is 0 Å². The van der Waals surface area contributed by atoms with Gasteiger partial charge in [0.25, 0.3) is 0 Å². The van der Waals surface area contributed by atoms with E-state index in [1.807, 2.05) is 13.8 Å². The van der Waals surface area contributed by atoms with Crippen LogP contribution in [0.25, 0.3) is 0 Å². The van der Waals surface area contributed by atoms with Crippen LogP contribution in [0.1, 0.15) is 38.8 Å². The van der Waals surface area contributed by atoms with Crippen molar-refractivity contribution in [3.63, 3.8) is 0 Å². The number of hydrogen-bond acceptors (Lipinski definition) is 1. The Balaban J connectivity index is 2.77. The largest absolute Gasteiger partial charge is 0.308 e. The van der Waals surface area contributed by atoms with E-state index in [1.54, 1.807) is 0 Å². The molecule has 1 rings (SSSR count). The van der Waals surface area contributed by atoms with Gasteiger partial charge in [0.15, 0.2) is 0 Å². The number of rotatable bonds is 4.